The second kappa shape index (κ2) is 6.21. The number of halogens is 4. The smallest absolute Gasteiger partial charge is 0.347 e. The van der Waals surface area contributed by atoms with Crippen LogP contribution >= 0.6 is 15.9 Å². The fourth-order valence-electron chi connectivity index (χ4n) is 1.32. The van der Waals surface area contributed by atoms with Crippen molar-refractivity contribution >= 4 is 27.7 Å². The van der Waals surface area contributed by atoms with Gasteiger partial charge in [0.2, 0.25) is 5.95 Å². The minimum atomic E-state index is -4.26. The second-order valence-electron chi connectivity index (χ2n) is 3.83. The van der Waals surface area contributed by atoms with Gasteiger partial charge in [-0.05, 0) is 6.07 Å². The second-order valence-corrected chi connectivity index (χ2v) is 4.63. The maximum absolute atomic E-state index is 12.5. The first-order valence-corrected chi connectivity index (χ1v) is 6.33. The lowest BCUT2D eigenvalue weighted by Crippen LogP contribution is -2.36. The van der Waals surface area contributed by atoms with Crippen LogP contribution in [0.2, 0.25) is 0 Å². The van der Waals surface area contributed by atoms with Crippen molar-refractivity contribution in [2.75, 3.05) is 42.3 Å². The maximum atomic E-state index is 12.5. The van der Waals surface area contributed by atoms with Gasteiger partial charge in [-0.2, -0.15) is 18.2 Å². The molecule has 0 fully saturated rings. The Morgan fingerprint density at radius 3 is 2.50 bits per heavy atom. The maximum Gasteiger partial charge on any atom is 0.405 e. The molecule has 18 heavy (non-hydrogen) atoms. The van der Waals surface area contributed by atoms with Crippen molar-refractivity contribution in [2.45, 2.75) is 6.18 Å². The van der Waals surface area contributed by atoms with Gasteiger partial charge in [0.1, 0.15) is 12.4 Å². The van der Waals surface area contributed by atoms with E-state index in [0.717, 1.165) is 0 Å². The molecular formula is C10H14BrF3N4. The van der Waals surface area contributed by atoms with E-state index in [1.165, 1.54) is 17.2 Å². The molecule has 0 atom stereocenters. The fourth-order valence-corrected chi connectivity index (χ4v) is 1.75. The summed E-state index contributed by atoms with van der Waals surface area (Å²) in [7, 11) is 3.47. The van der Waals surface area contributed by atoms with Crippen molar-refractivity contribution in [2.24, 2.45) is 0 Å². The van der Waals surface area contributed by atoms with Gasteiger partial charge < -0.3 is 9.80 Å². The lowest BCUT2D eigenvalue weighted by atomic mass is 10.4. The van der Waals surface area contributed by atoms with Crippen molar-refractivity contribution in [1.82, 2.24) is 9.97 Å². The molecule has 0 bridgehead atoms. The number of nitrogens with zero attached hydrogens (tertiary/aromatic N) is 4. The number of aromatic nitrogens is 2. The van der Waals surface area contributed by atoms with Gasteiger partial charge in [-0.3, -0.25) is 0 Å². The summed E-state index contributed by atoms with van der Waals surface area (Å²) in [5.74, 6) is 0.653. The zero-order chi connectivity index (χ0) is 13.8. The van der Waals surface area contributed by atoms with Crippen LogP contribution in [0.1, 0.15) is 0 Å². The van der Waals surface area contributed by atoms with Gasteiger partial charge in [0.15, 0.2) is 0 Å². The number of hydrogen-bond acceptors (Lipinski definition) is 4. The fraction of sp³-hybridized carbons (Fsp3) is 0.600. The minimum Gasteiger partial charge on any atom is -0.347 e. The third kappa shape index (κ3) is 4.67. The largest absolute Gasteiger partial charge is 0.405 e. The van der Waals surface area contributed by atoms with Crippen LogP contribution in [0.3, 0.4) is 0 Å². The van der Waals surface area contributed by atoms with E-state index >= 15 is 0 Å². The number of anilines is 2. The third-order valence-corrected chi connectivity index (χ3v) is 2.43. The molecular weight excluding hydrogens is 313 g/mol. The van der Waals surface area contributed by atoms with Gasteiger partial charge in [0.25, 0.3) is 0 Å². The first kappa shape index (κ1) is 15.0. The van der Waals surface area contributed by atoms with E-state index in [1.807, 2.05) is 0 Å². The molecule has 0 aliphatic rings. The predicted octanol–water partition coefficient (Wildman–Crippen LogP) is 2.31. The quantitative estimate of drug-likeness (QED) is 0.777. The lowest BCUT2D eigenvalue weighted by Gasteiger charge is -2.24. The third-order valence-electron chi connectivity index (χ3n) is 2.08. The lowest BCUT2D eigenvalue weighted by molar-refractivity contribution is -0.119. The number of rotatable bonds is 5. The molecule has 1 aromatic heterocycles. The molecule has 0 N–H and O–H groups in total. The van der Waals surface area contributed by atoms with E-state index in [2.05, 4.69) is 25.9 Å². The molecule has 4 nitrogen and oxygen atoms in total. The summed E-state index contributed by atoms with van der Waals surface area (Å²) in [6.45, 7) is -0.800. The summed E-state index contributed by atoms with van der Waals surface area (Å²) in [5.41, 5.74) is 0. The van der Waals surface area contributed by atoms with Crippen molar-refractivity contribution in [1.29, 1.82) is 0 Å². The Balaban J connectivity index is 2.94. The molecule has 0 saturated heterocycles. The Morgan fingerprint density at radius 1 is 1.33 bits per heavy atom. The van der Waals surface area contributed by atoms with Gasteiger partial charge in [0.05, 0.1) is 0 Å². The summed E-state index contributed by atoms with van der Waals surface area (Å²) in [6.07, 6.45) is -2.80. The Labute approximate surface area is 112 Å². The highest BCUT2D eigenvalue weighted by Gasteiger charge is 2.31. The van der Waals surface area contributed by atoms with Gasteiger partial charge in [0, 0.05) is 32.2 Å². The highest BCUT2D eigenvalue weighted by atomic mass is 79.9. The predicted molar refractivity (Wildman–Crippen MR) is 68.4 cm³/mol. The van der Waals surface area contributed by atoms with Crippen LogP contribution in [0.4, 0.5) is 24.9 Å². The highest BCUT2D eigenvalue weighted by Crippen LogP contribution is 2.21. The van der Waals surface area contributed by atoms with E-state index < -0.39 is 12.7 Å². The summed E-state index contributed by atoms with van der Waals surface area (Å²) < 4.78 is 37.4. The Hall–Kier alpha value is -1.05. The van der Waals surface area contributed by atoms with E-state index in [4.69, 9.17) is 0 Å². The van der Waals surface area contributed by atoms with Crippen LogP contribution in [0.15, 0.2) is 12.3 Å². The monoisotopic (exact) mass is 326 g/mol. The molecule has 102 valence electrons. The molecule has 1 heterocycles. The van der Waals surface area contributed by atoms with Crippen molar-refractivity contribution in [3.63, 3.8) is 0 Å². The molecule has 1 aromatic rings. The van der Waals surface area contributed by atoms with Crippen LogP contribution in [0.25, 0.3) is 0 Å². The molecule has 0 aliphatic carbocycles. The first-order valence-electron chi connectivity index (χ1n) is 5.21. The highest BCUT2D eigenvalue weighted by molar-refractivity contribution is 9.09. The minimum absolute atomic E-state index is 0.226. The molecule has 0 spiro atoms. The molecule has 8 heteroatoms. The average Bonchev–Trinajstić information content (AvgIpc) is 2.27. The summed E-state index contributed by atoms with van der Waals surface area (Å²) in [4.78, 5) is 10.9. The number of hydrogen-bond donors (Lipinski definition) is 0. The van der Waals surface area contributed by atoms with Crippen LogP contribution in [-0.2, 0) is 0 Å². The SMILES string of the molecule is CN(C)c1nccc(N(CCBr)CC(F)(F)F)n1. The van der Waals surface area contributed by atoms with Crippen LogP contribution < -0.4 is 9.80 Å². The van der Waals surface area contributed by atoms with Gasteiger partial charge >= 0.3 is 6.18 Å². The van der Waals surface area contributed by atoms with Gasteiger partial charge in [-0.25, -0.2) is 4.98 Å². The summed E-state index contributed by atoms with van der Waals surface area (Å²) in [6, 6.07) is 1.47. The van der Waals surface area contributed by atoms with Crippen molar-refractivity contribution in [3.8, 4) is 0 Å². The zero-order valence-electron chi connectivity index (χ0n) is 10.1. The Kier molecular flexibility index (Phi) is 5.18. The molecule has 0 aliphatic heterocycles. The van der Waals surface area contributed by atoms with E-state index in [1.54, 1.807) is 19.0 Å². The van der Waals surface area contributed by atoms with Gasteiger partial charge in [-0.15, -0.1) is 0 Å². The normalized spacial score (nSPS) is 11.4. The molecule has 0 saturated carbocycles. The van der Waals surface area contributed by atoms with Crippen LogP contribution in [0, 0.1) is 0 Å². The number of alkyl halides is 4. The van der Waals surface area contributed by atoms with Crippen LogP contribution in [-0.4, -0.2) is 48.7 Å². The molecule has 0 amide bonds. The molecule has 0 unspecified atom stereocenters. The average molecular weight is 327 g/mol. The molecule has 0 radical (unpaired) electrons. The Morgan fingerprint density at radius 2 is 2.00 bits per heavy atom. The molecule has 0 aromatic carbocycles. The topological polar surface area (TPSA) is 32.3 Å². The molecule has 1 rings (SSSR count). The first-order chi connectivity index (χ1) is 8.33. The zero-order valence-corrected chi connectivity index (χ0v) is 11.7. The van der Waals surface area contributed by atoms with Gasteiger partial charge in [-0.1, -0.05) is 15.9 Å². The standard InChI is InChI=1S/C10H14BrF3N4/c1-17(2)9-15-5-3-8(16-9)18(6-4-11)7-10(12,13)14/h3,5H,4,6-7H2,1-2H3. The van der Waals surface area contributed by atoms with E-state index in [0.29, 0.717) is 11.3 Å². The Bertz CT molecular complexity index is 384. The van der Waals surface area contributed by atoms with Crippen molar-refractivity contribution in [3.05, 3.63) is 12.3 Å². The van der Waals surface area contributed by atoms with E-state index in [-0.39, 0.29) is 12.4 Å². The van der Waals surface area contributed by atoms with E-state index in [9.17, 15) is 13.2 Å². The van der Waals surface area contributed by atoms with Crippen molar-refractivity contribution < 1.29 is 13.2 Å². The summed E-state index contributed by atoms with van der Waals surface area (Å²) >= 11 is 3.14. The summed E-state index contributed by atoms with van der Waals surface area (Å²) in [5, 5.41) is 0.435. The van der Waals surface area contributed by atoms with Crippen LogP contribution in [0.5, 0.6) is 0 Å².